The molecule has 122 valence electrons. The van der Waals surface area contributed by atoms with Gasteiger partial charge in [-0.3, -0.25) is 4.79 Å². The molecule has 1 saturated heterocycles. The predicted octanol–water partition coefficient (Wildman–Crippen LogP) is 3.35. The summed E-state index contributed by atoms with van der Waals surface area (Å²) >= 11 is 11.8. The van der Waals surface area contributed by atoms with Crippen molar-refractivity contribution in [2.24, 2.45) is 5.92 Å². The van der Waals surface area contributed by atoms with Crippen molar-refractivity contribution >= 4 is 29.1 Å². The van der Waals surface area contributed by atoms with E-state index in [0.717, 1.165) is 0 Å². The first-order valence-electron chi connectivity index (χ1n) is 7.42. The highest BCUT2D eigenvalue weighted by molar-refractivity contribution is 6.34. The van der Waals surface area contributed by atoms with Gasteiger partial charge in [0, 0.05) is 22.5 Å². The number of aliphatic hydroxyl groups excluding tert-OH is 1. The molecule has 0 bridgehead atoms. The Morgan fingerprint density at radius 1 is 1.27 bits per heavy atom. The predicted molar refractivity (Wildman–Crippen MR) is 87.2 cm³/mol. The molecule has 1 heterocycles. The third kappa shape index (κ3) is 4.85. The number of hydrogen-bond donors (Lipinski definition) is 2. The second kappa shape index (κ2) is 7.64. The van der Waals surface area contributed by atoms with E-state index in [0.29, 0.717) is 28.5 Å². The third-order valence-electron chi connectivity index (χ3n) is 3.81. The van der Waals surface area contributed by atoms with Gasteiger partial charge >= 0.3 is 0 Å². The molecule has 0 radical (unpaired) electrons. The minimum absolute atomic E-state index is 0.0471. The third-order valence-corrected chi connectivity index (χ3v) is 4.24. The number of carbonyl (C=O) groups is 1. The van der Waals surface area contributed by atoms with Crippen molar-refractivity contribution in [1.82, 2.24) is 5.32 Å². The Hall–Kier alpha value is -0.810. The Bertz CT molecular complexity index is 508. The van der Waals surface area contributed by atoms with Crippen molar-refractivity contribution in [2.45, 2.75) is 45.0 Å². The van der Waals surface area contributed by atoms with E-state index in [2.05, 4.69) is 5.32 Å². The van der Waals surface area contributed by atoms with Crippen LogP contribution < -0.4 is 5.32 Å². The van der Waals surface area contributed by atoms with Crippen LogP contribution in [-0.4, -0.2) is 29.8 Å². The molecule has 1 fully saturated rings. The number of carbonyl (C=O) groups excluding carboxylic acids is 1. The summed E-state index contributed by atoms with van der Waals surface area (Å²) in [5.41, 5.74) is 0.589. The first-order chi connectivity index (χ1) is 10.3. The zero-order valence-electron chi connectivity index (χ0n) is 12.7. The second-order valence-electron chi connectivity index (χ2n) is 5.89. The van der Waals surface area contributed by atoms with Crippen molar-refractivity contribution in [3.63, 3.8) is 0 Å². The molecule has 0 spiro atoms. The first kappa shape index (κ1) is 17.5. The molecule has 3 unspecified atom stereocenters. The van der Waals surface area contributed by atoms with E-state index in [4.69, 9.17) is 27.9 Å². The molecule has 0 saturated carbocycles. The van der Waals surface area contributed by atoms with Gasteiger partial charge in [-0.1, -0.05) is 23.2 Å². The number of nitrogens with one attached hydrogen (secondary N) is 1. The Morgan fingerprint density at radius 2 is 1.82 bits per heavy atom. The lowest BCUT2D eigenvalue weighted by Gasteiger charge is -2.31. The van der Waals surface area contributed by atoms with E-state index in [9.17, 15) is 9.90 Å². The Morgan fingerprint density at radius 3 is 2.36 bits per heavy atom. The zero-order valence-corrected chi connectivity index (χ0v) is 14.2. The fraction of sp³-hybridized carbons (Fsp3) is 0.562. The van der Waals surface area contributed by atoms with Gasteiger partial charge in [-0.25, -0.2) is 0 Å². The van der Waals surface area contributed by atoms with Gasteiger partial charge in [0.05, 0.1) is 18.3 Å². The van der Waals surface area contributed by atoms with Gasteiger partial charge in [0.2, 0.25) is 5.91 Å². The van der Waals surface area contributed by atoms with Crippen molar-refractivity contribution in [1.29, 1.82) is 0 Å². The smallest absolute Gasteiger partial charge is 0.223 e. The average Bonchev–Trinajstić information content (AvgIpc) is 2.42. The maximum atomic E-state index is 12.2. The molecule has 1 aromatic rings. The molecule has 22 heavy (non-hydrogen) atoms. The number of amides is 1. The quantitative estimate of drug-likeness (QED) is 0.879. The standard InChI is InChI=1S/C16H21Cl2NO3/c1-9-3-12(4-10(2)22-9)16(21)19-8-15(20)11-5-13(17)7-14(18)6-11/h5-7,9-10,12,15,20H,3-4,8H2,1-2H3,(H,19,21). The first-order valence-corrected chi connectivity index (χ1v) is 8.18. The zero-order chi connectivity index (χ0) is 16.3. The topological polar surface area (TPSA) is 58.6 Å². The van der Waals surface area contributed by atoms with Gasteiger partial charge in [-0.15, -0.1) is 0 Å². The van der Waals surface area contributed by atoms with Gasteiger partial charge in [-0.05, 0) is 50.5 Å². The Kier molecular flexibility index (Phi) is 6.09. The lowest BCUT2D eigenvalue weighted by molar-refractivity contribution is -0.133. The summed E-state index contributed by atoms with van der Waals surface area (Å²) in [5.74, 6) is -0.122. The van der Waals surface area contributed by atoms with Crippen LogP contribution in [0.4, 0.5) is 0 Å². The van der Waals surface area contributed by atoms with Crippen LogP contribution in [0.25, 0.3) is 0 Å². The summed E-state index contributed by atoms with van der Waals surface area (Å²) in [6.45, 7) is 4.08. The van der Waals surface area contributed by atoms with E-state index in [1.807, 2.05) is 13.8 Å². The molecule has 1 aromatic carbocycles. The molecule has 3 atom stereocenters. The Balaban J connectivity index is 1.90. The fourth-order valence-electron chi connectivity index (χ4n) is 2.85. The number of halogens is 2. The molecule has 2 N–H and O–H groups in total. The van der Waals surface area contributed by atoms with Crippen LogP contribution in [0.2, 0.25) is 10.0 Å². The van der Waals surface area contributed by atoms with Crippen molar-refractivity contribution in [3.8, 4) is 0 Å². The summed E-state index contributed by atoms with van der Waals surface area (Å²) in [6.07, 6.45) is 0.729. The van der Waals surface area contributed by atoms with Crippen LogP contribution in [-0.2, 0) is 9.53 Å². The summed E-state index contributed by atoms with van der Waals surface area (Å²) in [7, 11) is 0. The van der Waals surface area contributed by atoms with Crippen LogP contribution in [0.3, 0.4) is 0 Å². The summed E-state index contributed by atoms with van der Waals surface area (Å²) < 4.78 is 5.63. The fourth-order valence-corrected chi connectivity index (χ4v) is 3.39. The van der Waals surface area contributed by atoms with E-state index in [-0.39, 0.29) is 30.6 Å². The van der Waals surface area contributed by atoms with Crippen molar-refractivity contribution in [3.05, 3.63) is 33.8 Å². The minimum atomic E-state index is -0.838. The number of aliphatic hydroxyl groups is 1. The molecule has 1 aliphatic heterocycles. The van der Waals surface area contributed by atoms with Gasteiger partial charge in [0.15, 0.2) is 0 Å². The maximum absolute atomic E-state index is 12.2. The van der Waals surface area contributed by atoms with Crippen LogP contribution in [0, 0.1) is 5.92 Å². The summed E-state index contributed by atoms with van der Waals surface area (Å²) in [4.78, 5) is 12.2. The van der Waals surface area contributed by atoms with Gasteiger partial charge in [0.1, 0.15) is 0 Å². The normalized spacial score (nSPS) is 26.5. The molecule has 2 rings (SSSR count). The molecule has 0 aromatic heterocycles. The highest BCUT2D eigenvalue weighted by Gasteiger charge is 2.29. The molecule has 1 aliphatic rings. The molecule has 0 aliphatic carbocycles. The molecular weight excluding hydrogens is 325 g/mol. The number of hydrogen-bond acceptors (Lipinski definition) is 3. The summed E-state index contributed by atoms with van der Waals surface area (Å²) in [6, 6.07) is 4.88. The average molecular weight is 346 g/mol. The number of rotatable bonds is 4. The van der Waals surface area contributed by atoms with Gasteiger partial charge in [-0.2, -0.15) is 0 Å². The largest absolute Gasteiger partial charge is 0.387 e. The van der Waals surface area contributed by atoms with Crippen LogP contribution in [0.5, 0.6) is 0 Å². The highest BCUT2D eigenvalue weighted by Crippen LogP contribution is 2.26. The highest BCUT2D eigenvalue weighted by atomic mass is 35.5. The SMILES string of the molecule is CC1CC(C(=O)NCC(O)c2cc(Cl)cc(Cl)c2)CC(C)O1. The van der Waals surface area contributed by atoms with Crippen LogP contribution in [0.1, 0.15) is 38.4 Å². The minimum Gasteiger partial charge on any atom is -0.387 e. The van der Waals surface area contributed by atoms with E-state index < -0.39 is 6.10 Å². The molecular formula is C16H21Cl2NO3. The molecule has 4 nitrogen and oxygen atoms in total. The monoisotopic (exact) mass is 345 g/mol. The summed E-state index contributed by atoms with van der Waals surface area (Å²) in [5, 5.41) is 13.9. The van der Waals surface area contributed by atoms with Gasteiger partial charge in [0.25, 0.3) is 0 Å². The number of benzene rings is 1. The second-order valence-corrected chi connectivity index (χ2v) is 6.76. The molecule has 1 amide bonds. The van der Waals surface area contributed by atoms with Crippen molar-refractivity contribution in [2.75, 3.05) is 6.54 Å². The van der Waals surface area contributed by atoms with Gasteiger partial charge < -0.3 is 15.2 Å². The van der Waals surface area contributed by atoms with E-state index in [1.165, 1.54) is 0 Å². The van der Waals surface area contributed by atoms with E-state index in [1.54, 1.807) is 18.2 Å². The lowest BCUT2D eigenvalue weighted by Crippen LogP contribution is -2.40. The lowest BCUT2D eigenvalue weighted by atomic mass is 9.92. The maximum Gasteiger partial charge on any atom is 0.223 e. The van der Waals surface area contributed by atoms with E-state index >= 15 is 0 Å². The number of ether oxygens (including phenoxy) is 1. The van der Waals surface area contributed by atoms with Crippen LogP contribution >= 0.6 is 23.2 Å². The van der Waals surface area contributed by atoms with Crippen LogP contribution in [0.15, 0.2) is 18.2 Å². The molecule has 6 heteroatoms. The Labute approximate surface area is 140 Å². The van der Waals surface area contributed by atoms with Crippen molar-refractivity contribution < 1.29 is 14.6 Å².